The molecule has 1 saturated heterocycles. The van der Waals surface area contributed by atoms with Crippen molar-refractivity contribution in [3.05, 3.63) is 28.8 Å². The molecule has 3 rings (SSSR count). The Balaban J connectivity index is 1.82. The van der Waals surface area contributed by atoms with E-state index in [1.54, 1.807) is 24.1 Å². The molecule has 0 aromatic carbocycles. The van der Waals surface area contributed by atoms with Crippen LogP contribution < -0.4 is 10.6 Å². The quantitative estimate of drug-likeness (QED) is 0.873. The third kappa shape index (κ3) is 2.72. The van der Waals surface area contributed by atoms with Crippen molar-refractivity contribution in [2.75, 3.05) is 37.7 Å². The fourth-order valence-electron chi connectivity index (χ4n) is 2.53. The molecule has 0 radical (unpaired) electrons. The van der Waals surface area contributed by atoms with Gasteiger partial charge in [0.15, 0.2) is 0 Å². The molecule has 1 aliphatic heterocycles. The van der Waals surface area contributed by atoms with Gasteiger partial charge in [-0.25, -0.2) is 14.6 Å². The van der Waals surface area contributed by atoms with Crippen molar-refractivity contribution in [1.29, 1.82) is 0 Å². The van der Waals surface area contributed by atoms with Gasteiger partial charge in [-0.2, -0.15) is 4.98 Å². The Labute approximate surface area is 126 Å². The summed E-state index contributed by atoms with van der Waals surface area (Å²) in [6.07, 6.45) is 1.33. The van der Waals surface area contributed by atoms with Crippen LogP contribution >= 0.6 is 0 Å². The maximum Gasteiger partial charge on any atom is 0.409 e. The van der Waals surface area contributed by atoms with Crippen molar-refractivity contribution < 1.29 is 9.53 Å². The first-order valence-corrected chi connectivity index (χ1v) is 7.20. The van der Waals surface area contributed by atoms with Crippen molar-refractivity contribution in [2.24, 2.45) is 0 Å². The van der Waals surface area contributed by atoms with Gasteiger partial charge in [0.1, 0.15) is 11.5 Å². The zero-order valence-corrected chi connectivity index (χ0v) is 12.3. The number of ether oxygens (including phenoxy) is 1. The van der Waals surface area contributed by atoms with E-state index in [0.29, 0.717) is 44.3 Å². The standard InChI is InChI=1S/C14H17N5O3/c1-2-22-14(21)19-8-6-18(7-9-19)12-10-4-3-5-15-11(10)16-13(20)17-12/h3-5H,2,6-9H2,1H3,(H,15,16,17,20). The molecule has 8 nitrogen and oxygen atoms in total. The maximum atomic E-state index is 11.7. The number of fused-ring (bicyclic) bond motifs is 1. The first kappa shape index (κ1) is 14.3. The number of nitrogens with zero attached hydrogens (tertiary/aromatic N) is 4. The van der Waals surface area contributed by atoms with Gasteiger partial charge in [-0.15, -0.1) is 0 Å². The first-order valence-electron chi connectivity index (χ1n) is 7.20. The Bertz CT molecular complexity index is 737. The van der Waals surface area contributed by atoms with Crippen LogP contribution in [0.3, 0.4) is 0 Å². The zero-order valence-electron chi connectivity index (χ0n) is 12.3. The summed E-state index contributed by atoms with van der Waals surface area (Å²) in [5.41, 5.74) is 0.0966. The van der Waals surface area contributed by atoms with Gasteiger partial charge in [0.2, 0.25) is 0 Å². The summed E-state index contributed by atoms with van der Waals surface area (Å²) in [6, 6.07) is 3.68. The van der Waals surface area contributed by atoms with Gasteiger partial charge in [0.25, 0.3) is 0 Å². The SMILES string of the molecule is CCOC(=O)N1CCN(c2nc(=O)[nH]c3ncccc23)CC1. The lowest BCUT2D eigenvalue weighted by Crippen LogP contribution is -2.49. The molecule has 0 atom stereocenters. The fraction of sp³-hybridized carbons (Fsp3) is 0.429. The number of carbonyl (C=O) groups excluding carboxylic acids is 1. The number of pyridine rings is 1. The predicted molar refractivity (Wildman–Crippen MR) is 81.0 cm³/mol. The minimum atomic E-state index is -0.422. The number of anilines is 1. The second-order valence-corrected chi connectivity index (χ2v) is 4.94. The summed E-state index contributed by atoms with van der Waals surface area (Å²) in [5.74, 6) is 0.607. The molecule has 2 aromatic rings. The van der Waals surface area contributed by atoms with E-state index in [4.69, 9.17) is 4.74 Å². The number of amides is 1. The number of aromatic amines is 1. The Hall–Kier alpha value is -2.64. The summed E-state index contributed by atoms with van der Waals surface area (Å²) in [6.45, 7) is 4.42. The predicted octanol–water partition coefficient (Wildman–Crippen LogP) is 0.597. The van der Waals surface area contributed by atoms with Gasteiger partial charge < -0.3 is 14.5 Å². The van der Waals surface area contributed by atoms with E-state index < -0.39 is 5.69 Å². The topological polar surface area (TPSA) is 91.4 Å². The van der Waals surface area contributed by atoms with Crippen LogP contribution in [0.25, 0.3) is 11.0 Å². The third-order valence-corrected chi connectivity index (χ3v) is 3.59. The molecule has 0 saturated carbocycles. The van der Waals surface area contributed by atoms with E-state index in [-0.39, 0.29) is 6.09 Å². The Morgan fingerprint density at radius 2 is 2.14 bits per heavy atom. The molecule has 1 amide bonds. The van der Waals surface area contributed by atoms with Crippen molar-refractivity contribution in [3.8, 4) is 0 Å². The molecule has 2 aromatic heterocycles. The smallest absolute Gasteiger partial charge is 0.409 e. The van der Waals surface area contributed by atoms with E-state index in [2.05, 4.69) is 15.0 Å². The van der Waals surface area contributed by atoms with Crippen LogP contribution in [0.1, 0.15) is 6.92 Å². The maximum absolute atomic E-state index is 11.7. The Morgan fingerprint density at radius 1 is 1.36 bits per heavy atom. The average molecular weight is 303 g/mol. The molecule has 116 valence electrons. The average Bonchev–Trinajstić information content (AvgIpc) is 2.54. The summed E-state index contributed by atoms with van der Waals surface area (Å²) in [7, 11) is 0. The molecule has 0 spiro atoms. The first-order chi connectivity index (χ1) is 10.7. The number of aromatic nitrogens is 3. The minimum absolute atomic E-state index is 0.299. The lowest BCUT2D eigenvalue weighted by atomic mass is 10.2. The molecule has 0 unspecified atom stereocenters. The van der Waals surface area contributed by atoms with Crippen molar-refractivity contribution in [1.82, 2.24) is 19.9 Å². The molecule has 1 fully saturated rings. The fourth-order valence-corrected chi connectivity index (χ4v) is 2.53. The number of hydrogen-bond donors (Lipinski definition) is 1. The molecule has 0 aliphatic carbocycles. The van der Waals surface area contributed by atoms with E-state index in [1.165, 1.54) is 0 Å². The number of piperazine rings is 1. The molecular weight excluding hydrogens is 286 g/mol. The molecular formula is C14H17N5O3. The van der Waals surface area contributed by atoms with Crippen molar-refractivity contribution >= 4 is 22.9 Å². The molecule has 0 bridgehead atoms. The largest absolute Gasteiger partial charge is 0.450 e. The highest BCUT2D eigenvalue weighted by molar-refractivity contribution is 5.86. The summed E-state index contributed by atoms with van der Waals surface area (Å²) >= 11 is 0. The summed E-state index contributed by atoms with van der Waals surface area (Å²) in [4.78, 5) is 37.9. The number of nitrogens with one attached hydrogen (secondary N) is 1. The van der Waals surface area contributed by atoms with Crippen LogP contribution in [0.4, 0.5) is 10.6 Å². The Morgan fingerprint density at radius 3 is 2.86 bits per heavy atom. The molecule has 1 N–H and O–H groups in total. The Kier molecular flexibility index (Phi) is 3.90. The second-order valence-electron chi connectivity index (χ2n) is 4.94. The minimum Gasteiger partial charge on any atom is -0.450 e. The highest BCUT2D eigenvalue weighted by atomic mass is 16.6. The number of rotatable bonds is 2. The van der Waals surface area contributed by atoms with Gasteiger partial charge >= 0.3 is 11.8 Å². The molecule has 3 heterocycles. The van der Waals surface area contributed by atoms with E-state index in [0.717, 1.165) is 5.39 Å². The monoisotopic (exact) mass is 303 g/mol. The number of H-pyrrole nitrogens is 1. The van der Waals surface area contributed by atoms with E-state index in [1.807, 2.05) is 11.0 Å². The number of hydrogen-bond acceptors (Lipinski definition) is 6. The normalized spacial score (nSPS) is 15.1. The zero-order chi connectivity index (χ0) is 15.5. The van der Waals surface area contributed by atoms with Crippen molar-refractivity contribution in [2.45, 2.75) is 6.92 Å². The highest BCUT2D eigenvalue weighted by Gasteiger charge is 2.24. The van der Waals surface area contributed by atoms with Crippen LogP contribution in [-0.2, 0) is 4.74 Å². The van der Waals surface area contributed by atoms with Gasteiger partial charge in [-0.05, 0) is 19.1 Å². The van der Waals surface area contributed by atoms with Gasteiger partial charge in [-0.1, -0.05) is 0 Å². The second kappa shape index (κ2) is 6.00. The van der Waals surface area contributed by atoms with Crippen molar-refractivity contribution in [3.63, 3.8) is 0 Å². The number of carbonyl (C=O) groups is 1. The van der Waals surface area contributed by atoms with Gasteiger partial charge in [-0.3, -0.25) is 4.98 Å². The molecule has 8 heteroatoms. The van der Waals surface area contributed by atoms with Crippen LogP contribution in [0, 0.1) is 0 Å². The summed E-state index contributed by atoms with van der Waals surface area (Å²) < 4.78 is 5.00. The van der Waals surface area contributed by atoms with Crippen LogP contribution in [-0.4, -0.2) is 58.7 Å². The van der Waals surface area contributed by atoms with Crippen LogP contribution in [0.15, 0.2) is 23.1 Å². The van der Waals surface area contributed by atoms with E-state index in [9.17, 15) is 9.59 Å². The summed E-state index contributed by atoms with van der Waals surface area (Å²) in [5, 5.41) is 0.798. The van der Waals surface area contributed by atoms with Crippen LogP contribution in [0.2, 0.25) is 0 Å². The van der Waals surface area contributed by atoms with Crippen LogP contribution in [0.5, 0.6) is 0 Å². The van der Waals surface area contributed by atoms with Gasteiger partial charge in [0.05, 0.1) is 12.0 Å². The lowest BCUT2D eigenvalue weighted by Gasteiger charge is -2.34. The molecule has 1 aliphatic rings. The third-order valence-electron chi connectivity index (χ3n) is 3.59. The van der Waals surface area contributed by atoms with Gasteiger partial charge in [0, 0.05) is 32.4 Å². The highest BCUT2D eigenvalue weighted by Crippen LogP contribution is 2.21. The lowest BCUT2D eigenvalue weighted by molar-refractivity contribution is 0.105. The van der Waals surface area contributed by atoms with E-state index >= 15 is 0 Å². The molecule has 22 heavy (non-hydrogen) atoms.